The molecule has 0 bridgehead atoms. The number of benzene rings is 1. The van der Waals surface area contributed by atoms with E-state index in [1.165, 1.54) is 24.0 Å². The van der Waals surface area contributed by atoms with Crippen LogP contribution < -0.4 is 5.32 Å². The van der Waals surface area contributed by atoms with Crippen LogP contribution in [0.15, 0.2) is 12.1 Å². The SMILES string of the molecule is Cc1ccc(F)c(C)c1CC1CCNCC1. The van der Waals surface area contributed by atoms with Gasteiger partial charge in [0.2, 0.25) is 0 Å². The average Bonchev–Trinajstić information content (AvgIpc) is 2.31. The van der Waals surface area contributed by atoms with Crippen LogP contribution in [0, 0.1) is 25.6 Å². The Bertz CT molecular complexity index is 367. The Labute approximate surface area is 97.1 Å². The summed E-state index contributed by atoms with van der Waals surface area (Å²) in [4.78, 5) is 0. The smallest absolute Gasteiger partial charge is 0.126 e. The van der Waals surface area contributed by atoms with Crippen molar-refractivity contribution < 1.29 is 4.39 Å². The van der Waals surface area contributed by atoms with Crippen molar-refractivity contribution in [3.05, 3.63) is 34.6 Å². The lowest BCUT2D eigenvalue weighted by molar-refractivity contribution is 0.371. The number of piperidine rings is 1. The van der Waals surface area contributed by atoms with Gasteiger partial charge in [0, 0.05) is 0 Å². The first-order valence-electron chi connectivity index (χ1n) is 6.14. The molecule has 0 radical (unpaired) electrons. The van der Waals surface area contributed by atoms with Gasteiger partial charge in [-0.15, -0.1) is 0 Å². The molecule has 0 spiro atoms. The zero-order valence-electron chi connectivity index (χ0n) is 10.1. The zero-order valence-corrected chi connectivity index (χ0v) is 10.1. The predicted molar refractivity (Wildman–Crippen MR) is 65.2 cm³/mol. The number of hydrogen-bond donors (Lipinski definition) is 1. The van der Waals surface area contributed by atoms with E-state index in [2.05, 4.69) is 12.2 Å². The molecule has 1 aliphatic heterocycles. The second kappa shape index (κ2) is 4.96. The van der Waals surface area contributed by atoms with Crippen molar-refractivity contribution in [1.29, 1.82) is 0 Å². The van der Waals surface area contributed by atoms with Crippen molar-refractivity contribution in [3.8, 4) is 0 Å². The first-order valence-corrected chi connectivity index (χ1v) is 6.14. The highest BCUT2D eigenvalue weighted by Crippen LogP contribution is 2.24. The summed E-state index contributed by atoms with van der Waals surface area (Å²) in [5.41, 5.74) is 3.31. The zero-order chi connectivity index (χ0) is 11.5. The molecule has 1 fully saturated rings. The minimum absolute atomic E-state index is 0.0606. The Morgan fingerprint density at radius 1 is 1.25 bits per heavy atom. The second-order valence-corrected chi connectivity index (χ2v) is 4.87. The van der Waals surface area contributed by atoms with E-state index < -0.39 is 0 Å². The lowest BCUT2D eigenvalue weighted by Gasteiger charge is -2.24. The molecule has 1 aromatic carbocycles. The van der Waals surface area contributed by atoms with Crippen LogP contribution in [0.1, 0.15) is 29.5 Å². The fourth-order valence-electron chi connectivity index (χ4n) is 2.55. The van der Waals surface area contributed by atoms with Gasteiger partial charge in [-0.3, -0.25) is 0 Å². The summed E-state index contributed by atoms with van der Waals surface area (Å²) in [6, 6.07) is 3.48. The van der Waals surface area contributed by atoms with Gasteiger partial charge < -0.3 is 5.32 Å². The maximum absolute atomic E-state index is 13.5. The van der Waals surface area contributed by atoms with E-state index in [-0.39, 0.29) is 5.82 Å². The van der Waals surface area contributed by atoms with Gasteiger partial charge in [-0.1, -0.05) is 6.07 Å². The van der Waals surface area contributed by atoms with Crippen molar-refractivity contribution in [2.45, 2.75) is 33.1 Å². The Morgan fingerprint density at radius 3 is 2.62 bits per heavy atom. The highest BCUT2D eigenvalue weighted by molar-refractivity contribution is 5.35. The standard InChI is InChI=1S/C14H20FN/c1-10-3-4-14(15)11(2)13(10)9-12-5-7-16-8-6-12/h3-4,12,16H,5-9H2,1-2H3. The van der Waals surface area contributed by atoms with Crippen LogP contribution in [-0.2, 0) is 6.42 Å². The molecule has 1 N–H and O–H groups in total. The van der Waals surface area contributed by atoms with Crippen LogP contribution in [0.4, 0.5) is 4.39 Å². The third-order valence-corrected chi connectivity index (χ3v) is 3.72. The molecule has 88 valence electrons. The number of hydrogen-bond acceptors (Lipinski definition) is 1. The summed E-state index contributed by atoms with van der Waals surface area (Å²) in [7, 11) is 0. The first-order chi connectivity index (χ1) is 7.68. The van der Waals surface area contributed by atoms with Gasteiger partial charge in [0.1, 0.15) is 5.82 Å². The molecule has 2 heteroatoms. The van der Waals surface area contributed by atoms with Crippen molar-refractivity contribution in [2.75, 3.05) is 13.1 Å². The van der Waals surface area contributed by atoms with E-state index in [1.54, 1.807) is 6.07 Å². The number of halogens is 1. The molecule has 16 heavy (non-hydrogen) atoms. The second-order valence-electron chi connectivity index (χ2n) is 4.87. The van der Waals surface area contributed by atoms with Gasteiger partial charge >= 0.3 is 0 Å². The molecule has 0 saturated carbocycles. The van der Waals surface area contributed by atoms with Crippen LogP contribution in [0.5, 0.6) is 0 Å². The fourth-order valence-corrected chi connectivity index (χ4v) is 2.55. The Morgan fingerprint density at radius 2 is 1.94 bits per heavy atom. The molecule has 2 rings (SSSR count). The molecule has 0 aliphatic carbocycles. The van der Waals surface area contributed by atoms with Crippen molar-refractivity contribution in [3.63, 3.8) is 0 Å². The quantitative estimate of drug-likeness (QED) is 0.809. The summed E-state index contributed by atoms with van der Waals surface area (Å²) in [6.07, 6.45) is 3.47. The van der Waals surface area contributed by atoms with Crippen LogP contribution in [-0.4, -0.2) is 13.1 Å². The highest BCUT2D eigenvalue weighted by atomic mass is 19.1. The van der Waals surface area contributed by atoms with E-state index in [0.717, 1.165) is 31.0 Å². The number of rotatable bonds is 2. The van der Waals surface area contributed by atoms with E-state index in [1.807, 2.05) is 13.0 Å². The number of aryl methyl sites for hydroxylation is 1. The van der Waals surface area contributed by atoms with Crippen molar-refractivity contribution >= 4 is 0 Å². The molecule has 0 aromatic heterocycles. The highest BCUT2D eigenvalue weighted by Gasteiger charge is 2.16. The molecular formula is C14H20FN. The van der Waals surface area contributed by atoms with E-state index in [0.29, 0.717) is 0 Å². The number of nitrogens with one attached hydrogen (secondary N) is 1. The molecule has 1 aromatic rings. The minimum Gasteiger partial charge on any atom is -0.317 e. The lowest BCUT2D eigenvalue weighted by atomic mass is 9.87. The molecule has 0 atom stereocenters. The van der Waals surface area contributed by atoms with E-state index in [9.17, 15) is 4.39 Å². The monoisotopic (exact) mass is 221 g/mol. The maximum atomic E-state index is 13.5. The third-order valence-electron chi connectivity index (χ3n) is 3.72. The van der Waals surface area contributed by atoms with Crippen molar-refractivity contribution in [2.24, 2.45) is 5.92 Å². The molecule has 1 nitrogen and oxygen atoms in total. The van der Waals surface area contributed by atoms with Gasteiger partial charge in [0.05, 0.1) is 0 Å². The Hall–Kier alpha value is -0.890. The minimum atomic E-state index is -0.0606. The van der Waals surface area contributed by atoms with Gasteiger partial charge in [-0.2, -0.15) is 0 Å². The summed E-state index contributed by atoms with van der Waals surface area (Å²) in [5, 5.41) is 3.37. The first kappa shape index (κ1) is 11.6. The van der Waals surface area contributed by atoms with Crippen LogP contribution in [0.3, 0.4) is 0 Å². The molecule has 1 heterocycles. The van der Waals surface area contributed by atoms with Gasteiger partial charge in [0.25, 0.3) is 0 Å². The molecule has 0 unspecified atom stereocenters. The molecule has 1 aliphatic rings. The summed E-state index contributed by atoms with van der Waals surface area (Å²) in [6.45, 7) is 6.21. The van der Waals surface area contributed by atoms with E-state index >= 15 is 0 Å². The fraction of sp³-hybridized carbons (Fsp3) is 0.571. The molecule has 0 amide bonds. The van der Waals surface area contributed by atoms with Gasteiger partial charge in [-0.05, 0) is 74.9 Å². The normalized spacial score (nSPS) is 17.7. The maximum Gasteiger partial charge on any atom is 0.126 e. The predicted octanol–water partition coefficient (Wildman–Crippen LogP) is 2.98. The summed E-state index contributed by atoms with van der Waals surface area (Å²) >= 11 is 0. The van der Waals surface area contributed by atoms with Crippen LogP contribution in [0.2, 0.25) is 0 Å². The van der Waals surface area contributed by atoms with Crippen LogP contribution >= 0.6 is 0 Å². The van der Waals surface area contributed by atoms with Crippen molar-refractivity contribution in [1.82, 2.24) is 5.32 Å². The largest absolute Gasteiger partial charge is 0.317 e. The molecule has 1 saturated heterocycles. The lowest BCUT2D eigenvalue weighted by Crippen LogP contribution is -2.29. The van der Waals surface area contributed by atoms with Crippen LogP contribution in [0.25, 0.3) is 0 Å². The average molecular weight is 221 g/mol. The van der Waals surface area contributed by atoms with E-state index in [4.69, 9.17) is 0 Å². The topological polar surface area (TPSA) is 12.0 Å². The third kappa shape index (κ3) is 2.43. The summed E-state index contributed by atoms with van der Waals surface area (Å²) in [5.74, 6) is 0.662. The Balaban J connectivity index is 2.16. The molecular weight excluding hydrogens is 201 g/mol. The summed E-state index contributed by atoms with van der Waals surface area (Å²) < 4.78 is 13.5. The van der Waals surface area contributed by atoms with Gasteiger partial charge in [-0.25, -0.2) is 4.39 Å². The Kier molecular flexibility index (Phi) is 3.59. The van der Waals surface area contributed by atoms with Gasteiger partial charge in [0.15, 0.2) is 0 Å².